The summed E-state index contributed by atoms with van der Waals surface area (Å²) in [6, 6.07) is 7.77. The number of aryl methyl sites for hydroxylation is 1. The fourth-order valence-corrected chi connectivity index (χ4v) is 2.83. The third-order valence-electron chi connectivity index (χ3n) is 3.97. The first kappa shape index (κ1) is 15.5. The van der Waals surface area contributed by atoms with Gasteiger partial charge in [-0.15, -0.1) is 0 Å². The fraction of sp³-hybridized carbons (Fsp3) is 0.500. The van der Waals surface area contributed by atoms with Crippen LogP contribution in [0.3, 0.4) is 0 Å². The Balaban J connectivity index is 2.31. The molecule has 1 aromatic heterocycles. The monoisotopic (exact) mass is 289 g/mol. The molecule has 0 radical (unpaired) electrons. The summed E-state index contributed by atoms with van der Waals surface area (Å²) >= 11 is 0. The highest BCUT2D eigenvalue weighted by Crippen LogP contribution is 2.23. The summed E-state index contributed by atoms with van der Waals surface area (Å²) < 4.78 is 2.02. The van der Waals surface area contributed by atoms with Crippen molar-refractivity contribution < 1.29 is 9.90 Å². The lowest BCUT2D eigenvalue weighted by atomic mass is 9.95. The topological polar surface area (TPSA) is 67.2 Å². The van der Waals surface area contributed by atoms with Crippen molar-refractivity contribution in [1.29, 1.82) is 0 Å². The van der Waals surface area contributed by atoms with Gasteiger partial charge in [0.15, 0.2) is 0 Å². The molecule has 0 fully saturated rings. The van der Waals surface area contributed by atoms with Crippen LogP contribution in [-0.4, -0.2) is 26.2 Å². The maximum absolute atomic E-state index is 11.5. The van der Waals surface area contributed by atoms with E-state index in [4.69, 9.17) is 0 Å². The lowest BCUT2D eigenvalue weighted by Crippen LogP contribution is -2.50. The number of hydrogen-bond acceptors (Lipinski definition) is 3. The van der Waals surface area contributed by atoms with Crippen molar-refractivity contribution >= 4 is 17.0 Å². The number of aromatic nitrogens is 2. The van der Waals surface area contributed by atoms with Gasteiger partial charge in [-0.25, -0.2) is 4.98 Å². The summed E-state index contributed by atoms with van der Waals surface area (Å²) in [5, 5.41) is 12.7. The van der Waals surface area contributed by atoms with Gasteiger partial charge >= 0.3 is 5.97 Å². The van der Waals surface area contributed by atoms with Crippen LogP contribution in [0.15, 0.2) is 24.3 Å². The summed E-state index contributed by atoms with van der Waals surface area (Å²) in [4.78, 5) is 16.2. The van der Waals surface area contributed by atoms with Gasteiger partial charge in [0.25, 0.3) is 0 Å². The Labute approximate surface area is 125 Å². The lowest BCUT2D eigenvalue weighted by molar-refractivity contribution is -0.144. The second-order valence-corrected chi connectivity index (χ2v) is 5.77. The SMILES string of the molecule is CCCC(C)(NC(C)c1nc2ccccc2n1C)C(=O)O. The average Bonchev–Trinajstić information content (AvgIpc) is 2.77. The average molecular weight is 289 g/mol. The number of carbonyl (C=O) groups is 1. The predicted molar refractivity (Wildman–Crippen MR) is 83.2 cm³/mol. The van der Waals surface area contributed by atoms with E-state index in [-0.39, 0.29) is 6.04 Å². The summed E-state index contributed by atoms with van der Waals surface area (Å²) in [6.07, 6.45) is 1.39. The van der Waals surface area contributed by atoms with Gasteiger partial charge in [-0.2, -0.15) is 0 Å². The summed E-state index contributed by atoms with van der Waals surface area (Å²) in [5.74, 6) is 0.0229. The Morgan fingerprint density at radius 2 is 2.14 bits per heavy atom. The Hall–Kier alpha value is -1.88. The van der Waals surface area contributed by atoms with E-state index >= 15 is 0 Å². The first-order valence-corrected chi connectivity index (χ1v) is 7.31. The van der Waals surface area contributed by atoms with E-state index in [1.807, 2.05) is 49.7 Å². The number of nitrogens with zero attached hydrogens (tertiary/aromatic N) is 2. The van der Waals surface area contributed by atoms with Crippen molar-refractivity contribution in [1.82, 2.24) is 14.9 Å². The molecule has 2 atom stereocenters. The number of rotatable bonds is 6. The number of benzene rings is 1. The van der Waals surface area contributed by atoms with Crippen LogP contribution in [0.1, 0.15) is 45.5 Å². The van der Waals surface area contributed by atoms with E-state index in [0.717, 1.165) is 23.3 Å². The van der Waals surface area contributed by atoms with Crippen LogP contribution in [0, 0.1) is 0 Å². The molecule has 0 spiro atoms. The third-order valence-corrected chi connectivity index (χ3v) is 3.97. The lowest BCUT2D eigenvalue weighted by Gasteiger charge is -2.29. The zero-order valence-electron chi connectivity index (χ0n) is 13.1. The molecule has 1 aromatic carbocycles. The third kappa shape index (κ3) is 2.93. The van der Waals surface area contributed by atoms with Gasteiger partial charge in [-0.3, -0.25) is 10.1 Å². The summed E-state index contributed by atoms with van der Waals surface area (Å²) in [5.41, 5.74) is 1.04. The number of hydrogen-bond donors (Lipinski definition) is 2. The molecule has 0 bridgehead atoms. The molecule has 2 aromatic rings. The standard InChI is InChI=1S/C16H23N3O2/c1-5-10-16(3,15(20)21)18-11(2)14-17-12-8-6-7-9-13(12)19(14)4/h6-9,11,18H,5,10H2,1-4H3,(H,20,21). The molecule has 0 amide bonds. The van der Waals surface area contributed by atoms with Crippen LogP contribution in [0.2, 0.25) is 0 Å². The van der Waals surface area contributed by atoms with E-state index in [1.54, 1.807) is 6.92 Å². The van der Waals surface area contributed by atoms with Crippen molar-refractivity contribution in [2.24, 2.45) is 7.05 Å². The molecule has 1 heterocycles. The zero-order chi connectivity index (χ0) is 15.6. The Morgan fingerprint density at radius 3 is 2.71 bits per heavy atom. The number of carboxylic acid groups (broad SMARTS) is 1. The molecule has 2 unspecified atom stereocenters. The second-order valence-electron chi connectivity index (χ2n) is 5.77. The molecule has 114 valence electrons. The zero-order valence-corrected chi connectivity index (χ0v) is 13.1. The maximum atomic E-state index is 11.5. The number of fused-ring (bicyclic) bond motifs is 1. The molecule has 0 aliphatic carbocycles. The van der Waals surface area contributed by atoms with Gasteiger partial charge in [0.2, 0.25) is 0 Å². The normalized spacial score (nSPS) is 15.8. The molecule has 0 saturated carbocycles. The van der Waals surface area contributed by atoms with Gasteiger partial charge in [0.05, 0.1) is 17.1 Å². The van der Waals surface area contributed by atoms with Gasteiger partial charge in [0.1, 0.15) is 11.4 Å². The summed E-state index contributed by atoms with van der Waals surface area (Å²) in [7, 11) is 1.96. The van der Waals surface area contributed by atoms with Gasteiger partial charge in [0, 0.05) is 7.05 Å². The van der Waals surface area contributed by atoms with Crippen LogP contribution in [0.5, 0.6) is 0 Å². The van der Waals surface area contributed by atoms with Crippen LogP contribution in [-0.2, 0) is 11.8 Å². The van der Waals surface area contributed by atoms with E-state index in [1.165, 1.54) is 0 Å². The predicted octanol–water partition coefficient (Wildman–Crippen LogP) is 2.87. The number of aliphatic carboxylic acids is 1. The maximum Gasteiger partial charge on any atom is 0.323 e. The highest BCUT2D eigenvalue weighted by Gasteiger charge is 2.34. The minimum Gasteiger partial charge on any atom is -0.480 e. The van der Waals surface area contributed by atoms with Crippen LogP contribution >= 0.6 is 0 Å². The summed E-state index contributed by atoms with van der Waals surface area (Å²) in [6.45, 7) is 5.68. The van der Waals surface area contributed by atoms with Gasteiger partial charge in [-0.05, 0) is 32.4 Å². The molecule has 5 nitrogen and oxygen atoms in total. The number of nitrogens with one attached hydrogen (secondary N) is 1. The van der Waals surface area contributed by atoms with E-state index < -0.39 is 11.5 Å². The Bertz CT molecular complexity index is 650. The molecule has 0 saturated heterocycles. The van der Waals surface area contributed by atoms with Crippen molar-refractivity contribution in [2.75, 3.05) is 0 Å². The first-order chi connectivity index (χ1) is 9.89. The molecule has 0 aliphatic heterocycles. The molecule has 0 aliphatic rings. The van der Waals surface area contributed by atoms with E-state index in [9.17, 15) is 9.90 Å². The minimum atomic E-state index is -0.938. The highest BCUT2D eigenvalue weighted by atomic mass is 16.4. The smallest absolute Gasteiger partial charge is 0.323 e. The number of para-hydroxylation sites is 2. The van der Waals surface area contributed by atoms with Gasteiger partial charge in [-0.1, -0.05) is 25.5 Å². The number of carboxylic acids is 1. The van der Waals surface area contributed by atoms with Gasteiger partial charge < -0.3 is 9.67 Å². The van der Waals surface area contributed by atoms with Crippen LogP contribution in [0.25, 0.3) is 11.0 Å². The van der Waals surface area contributed by atoms with Crippen molar-refractivity contribution in [2.45, 2.75) is 45.2 Å². The molecule has 21 heavy (non-hydrogen) atoms. The van der Waals surface area contributed by atoms with E-state index in [2.05, 4.69) is 10.3 Å². The van der Waals surface area contributed by atoms with E-state index in [0.29, 0.717) is 6.42 Å². The van der Waals surface area contributed by atoms with Crippen molar-refractivity contribution in [3.05, 3.63) is 30.1 Å². The molecular formula is C16H23N3O2. The largest absolute Gasteiger partial charge is 0.480 e. The first-order valence-electron chi connectivity index (χ1n) is 7.31. The molecular weight excluding hydrogens is 266 g/mol. The van der Waals surface area contributed by atoms with Crippen LogP contribution in [0.4, 0.5) is 0 Å². The quantitative estimate of drug-likeness (QED) is 0.858. The number of imidazole rings is 1. The Kier molecular flexibility index (Phi) is 4.32. The molecule has 2 N–H and O–H groups in total. The second kappa shape index (κ2) is 5.85. The fourth-order valence-electron chi connectivity index (χ4n) is 2.83. The van der Waals surface area contributed by atoms with Crippen molar-refractivity contribution in [3.8, 4) is 0 Å². The molecule has 5 heteroatoms. The van der Waals surface area contributed by atoms with Crippen LogP contribution < -0.4 is 5.32 Å². The molecule has 2 rings (SSSR count). The van der Waals surface area contributed by atoms with Crippen molar-refractivity contribution in [3.63, 3.8) is 0 Å². The Morgan fingerprint density at radius 1 is 1.48 bits per heavy atom. The minimum absolute atomic E-state index is 0.143. The highest BCUT2D eigenvalue weighted by molar-refractivity contribution is 5.78.